The second kappa shape index (κ2) is 9.11. The van der Waals surface area contributed by atoms with Gasteiger partial charge in [0.2, 0.25) is 5.91 Å². The summed E-state index contributed by atoms with van der Waals surface area (Å²) in [5.41, 5.74) is 5.38. The molecule has 0 fully saturated rings. The maximum Gasteiger partial charge on any atom is 0.250 e. The third-order valence-corrected chi connectivity index (χ3v) is 2.02. The lowest BCUT2D eigenvalue weighted by Crippen LogP contribution is -2.40. The van der Waals surface area contributed by atoms with Crippen LogP contribution in [-0.2, 0) is 4.79 Å². The topological polar surface area (TPSA) is 154 Å². The maximum absolute atomic E-state index is 10.4. The summed E-state index contributed by atoms with van der Waals surface area (Å²) in [5, 5.41) is 34.1. The normalized spacial score (nSPS) is 14.5. The number of aromatic nitrogens is 1. The lowest BCUT2D eigenvalue weighted by molar-refractivity contribution is -0.127. The van der Waals surface area contributed by atoms with Gasteiger partial charge in [-0.1, -0.05) is 0 Å². The summed E-state index contributed by atoms with van der Waals surface area (Å²) in [6.45, 7) is -0.688. The number of primary amides is 1. The highest BCUT2D eigenvalue weighted by Gasteiger charge is 2.22. The van der Waals surface area contributed by atoms with Crippen LogP contribution in [0.25, 0.3) is 0 Å². The molecule has 0 saturated heterocycles. The quantitative estimate of drug-likeness (QED) is 0.369. The predicted octanol–water partition coefficient (Wildman–Crippen LogP) is -2.56. The van der Waals surface area contributed by atoms with Crippen molar-refractivity contribution in [3.8, 4) is 0 Å². The van der Waals surface area contributed by atoms with E-state index in [1.807, 2.05) is 0 Å². The number of carbonyl (C=O) groups excluding carboxylic acids is 2. The van der Waals surface area contributed by atoms with Crippen molar-refractivity contribution in [2.24, 2.45) is 5.73 Å². The minimum Gasteiger partial charge on any atom is -0.394 e. The molecule has 3 unspecified atom stereocenters. The average molecular weight is 272 g/mol. The molecule has 0 bridgehead atoms. The van der Waals surface area contributed by atoms with Crippen LogP contribution in [0.15, 0.2) is 24.5 Å². The molecule has 0 radical (unpaired) electrons. The van der Waals surface area contributed by atoms with Crippen LogP contribution in [0, 0.1) is 0 Å². The number of nitrogens with zero attached hydrogens (tertiary/aromatic N) is 1. The minimum absolute atomic E-state index is 0.0869. The standard InChI is InChI=1S/C6H6N2O.C5H10O5/c7-6(9)5-2-1-3-8-4-5;6-1-3(8)5(10)4(9)2-7/h1-4H,(H2,7,9);1,3-5,7-10H,2H2. The van der Waals surface area contributed by atoms with Crippen LogP contribution in [0.2, 0.25) is 0 Å². The Balaban J connectivity index is 0.000000342. The van der Waals surface area contributed by atoms with Gasteiger partial charge in [0, 0.05) is 12.4 Å². The Morgan fingerprint density at radius 3 is 2.37 bits per heavy atom. The van der Waals surface area contributed by atoms with Gasteiger partial charge in [-0.2, -0.15) is 0 Å². The maximum atomic E-state index is 10.4. The number of amides is 1. The summed E-state index contributed by atoms with van der Waals surface area (Å²) in [4.78, 5) is 23.9. The highest BCUT2D eigenvalue weighted by Crippen LogP contribution is 1.96. The number of aldehydes is 1. The Labute approximate surface area is 109 Å². The zero-order valence-corrected chi connectivity index (χ0v) is 9.96. The van der Waals surface area contributed by atoms with Gasteiger partial charge >= 0.3 is 0 Å². The number of rotatable bonds is 5. The predicted molar refractivity (Wildman–Crippen MR) is 63.9 cm³/mol. The number of aliphatic hydroxyl groups is 4. The van der Waals surface area contributed by atoms with Crippen LogP contribution in [0.1, 0.15) is 10.4 Å². The van der Waals surface area contributed by atoms with Crippen molar-refractivity contribution in [1.29, 1.82) is 0 Å². The summed E-state index contributed by atoms with van der Waals surface area (Å²) in [6, 6.07) is 3.29. The highest BCUT2D eigenvalue weighted by molar-refractivity contribution is 5.92. The van der Waals surface area contributed by atoms with Crippen molar-refractivity contribution in [2.45, 2.75) is 18.3 Å². The highest BCUT2D eigenvalue weighted by atomic mass is 16.4. The van der Waals surface area contributed by atoms with Gasteiger partial charge in [0.1, 0.15) is 18.3 Å². The molecular weight excluding hydrogens is 256 g/mol. The first-order chi connectivity index (χ1) is 8.93. The third kappa shape index (κ3) is 6.58. The fourth-order valence-electron chi connectivity index (χ4n) is 0.925. The van der Waals surface area contributed by atoms with Crippen LogP contribution in [-0.4, -0.2) is 62.5 Å². The number of pyridine rings is 1. The molecule has 0 aliphatic heterocycles. The van der Waals surface area contributed by atoms with Gasteiger partial charge in [-0.05, 0) is 12.1 Å². The zero-order chi connectivity index (χ0) is 14.8. The molecule has 1 heterocycles. The molecule has 1 aromatic heterocycles. The number of carbonyl (C=O) groups is 2. The molecule has 3 atom stereocenters. The second-order valence-electron chi connectivity index (χ2n) is 3.47. The molecule has 0 aliphatic carbocycles. The van der Waals surface area contributed by atoms with E-state index in [1.54, 1.807) is 18.3 Å². The summed E-state index contributed by atoms with van der Waals surface area (Å²) >= 11 is 0. The van der Waals surface area contributed by atoms with E-state index in [4.69, 9.17) is 26.2 Å². The summed E-state index contributed by atoms with van der Waals surface area (Å²) in [6.07, 6.45) is -1.61. The second-order valence-corrected chi connectivity index (χ2v) is 3.47. The molecule has 0 aromatic carbocycles. The van der Waals surface area contributed by atoms with Gasteiger partial charge in [0.25, 0.3) is 0 Å². The van der Waals surface area contributed by atoms with Crippen molar-refractivity contribution < 1.29 is 30.0 Å². The molecule has 1 aromatic rings. The van der Waals surface area contributed by atoms with Crippen LogP contribution in [0.3, 0.4) is 0 Å². The molecular formula is C11H16N2O6. The minimum atomic E-state index is -1.64. The molecule has 1 rings (SSSR count). The van der Waals surface area contributed by atoms with Crippen molar-refractivity contribution in [2.75, 3.05) is 6.61 Å². The van der Waals surface area contributed by atoms with E-state index in [0.717, 1.165) is 0 Å². The monoisotopic (exact) mass is 272 g/mol. The van der Waals surface area contributed by atoms with Crippen LogP contribution in [0.4, 0.5) is 0 Å². The van der Waals surface area contributed by atoms with Crippen LogP contribution in [0.5, 0.6) is 0 Å². The fraction of sp³-hybridized carbons (Fsp3) is 0.364. The smallest absolute Gasteiger partial charge is 0.250 e. The number of hydrogen-bond acceptors (Lipinski definition) is 7. The van der Waals surface area contributed by atoms with Gasteiger partial charge < -0.3 is 31.0 Å². The van der Waals surface area contributed by atoms with Crippen LogP contribution < -0.4 is 5.73 Å². The molecule has 0 aliphatic rings. The molecule has 6 N–H and O–H groups in total. The fourth-order valence-corrected chi connectivity index (χ4v) is 0.925. The molecule has 0 spiro atoms. The molecule has 19 heavy (non-hydrogen) atoms. The lowest BCUT2D eigenvalue weighted by atomic mass is 10.1. The molecule has 8 nitrogen and oxygen atoms in total. The zero-order valence-electron chi connectivity index (χ0n) is 9.96. The van der Waals surface area contributed by atoms with E-state index in [0.29, 0.717) is 5.56 Å². The van der Waals surface area contributed by atoms with Gasteiger partial charge in [0.15, 0.2) is 6.29 Å². The van der Waals surface area contributed by atoms with E-state index in [2.05, 4.69) is 4.98 Å². The third-order valence-electron chi connectivity index (χ3n) is 2.02. The van der Waals surface area contributed by atoms with E-state index < -0.39 is 30.8 Å². The number of nitrogens with two attached hydrogens (primary N) is 1. The summed E-state index contributed by atoms with van der Waals surface area (Å²) in [7, 11) is 0. The van der Waals surface area contributed by atoms with Crippen LogP contribution >= 0.6 is 0 Å². The van der Waals surface area contributed by atoms with E-state index >= 15 is 0 Å². The van der Waals surface area contributed by atoms with Crippen molar-refractivity contribution in [1.82, 2.24) is 4.98 Å². The Bertz CT molecular complexity index is 386. The van der Waals surface area contributed by atoms with Gasteiger partial charge in [0.05, 0.1) is 12.2 Å². The van der Waals surface area contributed by atoms with Gasteiger partial charge in [-0.3, -0.25) is 9.78 Å². The first kappa shape index (κ1) is 17.1. The Morgan fingerprint density at radius 1 is 1.42 bits per heavy atom. The lowest BCUT2D eigenvalue weighted by Gasteiger charge is -2.16. The Kier molecular flexibility index (Phi) is 8.22. The Morgan fingerprint density at radius 2 is 2.05 bits per heavy atom. The first-order valence-corrected chi connectivity index (χ1v) is 5.24. The van der Waals surface area contributed by atoms with Gasteiger partial charge in [-0.25, -0.2) is 0 Å². The Hall–Kier alpha value is -1.87. The number of hydrogen-bond donors (Lipinski definition) is 5. The average Bonchev–Trinajstić information content (AvgIpc) is 2.46. The largest absolute Gasteiger partial charge is 0.394 e. The SMILES string of the molecule is NC(=O)c1cccnc1.O=CC(O)C(O)C(O)CO. The van der Waals surface area contributed by atoms with E-state index in [9.17, 15) is 9.59 Å². The summed E-state index contributed by atoms with van der Waals surface area (Å²) < 4.78 is 0. The molecule has 8 heteroatoms. The van der Waals surface area contributed by atoms with E-state index in [1.165, 1.54) is 6.20 Å². The van der Waals surface area contributed by atoms with Crippen molar-refractivity contribution in [3.63, 3.8) is 0 Å². The summed E-state index contributed by atoms with van der Waals surface area (Å²) in [5.74, 6) is -0.442. The van der Waals surface area contributed by atoms with Gasteiger partial charge in [-0.15, -0.1) is 0 Å². The molecule has 106 valence electrons. The van der Waals surface area contributed by atoms with Crippen molar-refractivity contribution in [3.05, 3.63) is 30.1 Å². The molecule has 0 saturated carbocycles. The number of aliphatic hydroxyl groups excluding tert-OH is 4. The van der Waals surface area contributed by atoms with E-state index in [-0.39, 0.29) is 6.29 Å². The first-order valence-electron chi connectivity index (χ1n) is 5.24. The molecule has 1 amide bonds. The van der Waals surface area contributed by atoms with Crippen molar-refractivity contribution >= 4 is 12.2 Å².